The van der Waals surface area contributed by atoms with Crippen LogP contribution in [-0.4, -0.2) is 34.2 Å². The molecule has 1 aromatic carbocycles. The molecule has 5 nitrogen and oxygen atoms in total. The Balaban J connectivity index is 2.61. The summed E-state index contributed by atoms with van der Waals surface area (Å²) in [7, 11) is 3.05. The molecule has 1 aromatic heterocycles. The smallest absolute Gasteiger partial charge is 0.356 e. The number of aryl methyl sites for hydroxylation is 1. The number of carboxylic acid groups (broad SMARTS) is 1. The standard InChI is InChI=1S/C13H13FN2O3S/c1-16-9(6-8(15-16)13(17)18)7-4-5-10(19-2)12(20-3)11(7)14/h4-6H,1-3H3,(H,17,18). The van der Waals surface area contributed by atoms with Crippen LogP contribution in [-0.2, 0) is 7.05 Å². The molecule has 0 aliphatic carbocycles. The Bertz CT molecular complexity index is 670. The third-order valence-corrected chi connectivity index (χ3v) is 3.65. The first kappa shape index (κ1) is 14.4. The van der Waals surface area contributed by atoms with Crippen LogP contribution >= 0.6 is 11.8 Å². The molecule has 0 fully saturated rings. The first-order valence-corrected chi connectivity index (χ1v) is 6.90. The zero-order valence-corrected chi connectivity index (χ0v) is 12.0. The average molecular weight is 296 g/mol. The molecule has 2 aromatic rings. The van der Waals surface area contributed by atoms with Crippen molar-refractivity contribution in [3.8, 4) is 17.0 Å². The molecular weight excluding hydrogens is 283 g/mol. The second-order valence-corrected chi connectivity index (χ2v) is 4.82. The number of aromatic carboxylic acids is 1. The topological polar surface area (TPSA) is 64.3 Å². The molecule has 0 amide bonds. The van der Waals surface area contributed by atoms with Gasteiger partial charge in [0.25, 0.3) is 0 Å². The second-order valence-electron chi connectivity index (χ2n) is 4.01. The Labute approximate surface area is 119 Å². The van der Waals surface area contributed by atoms with Gasteiger partial charge in [0.15, 0.2) is 5.69 Å². The molecule has 0 aliphatic rings. The van der Waals surface area contributed by atoms with Gasteiger partial charge in [-0.1, -0.05) is 0 Å². The minimum atomic E-state index is -1.15. The first-order chi connectivity index (χ1) is 9.49. The number of hydrogen-bond acceptors (Lipinski definition) is 4. The van der Waals surface area contributed by atoms with Gasteiger partial charge in [-0.25, -0.2) is 9.18 Å². The number of benzene rings is 1. The van der Waals surface area contributed by atoms with Crippen LogP contribution < -0.4 is 4.74 Å². The van der Waals surface area contributed by atoms with E-state index in [9.17, 15) is 9.18 Å². The summed E-state index contributed by atoms with van der Waals surface area (Å²) in [6.45, 7) is 0. The summed E-state index contributed by atoms with van der Waals surface area (Å²) in [4.78, 5) is 11.3. The summed E-state index contributed by atoms with van der Waals surface area (Å²) in [5.41, 5.74) is 0.568. The van der Waals surface area contributed by atoms with Crippen molar-refractivity contribution in [3.63, 3.8) is 0 Å². The minimum Gasteiger partial charge on any atom is -0.495 e. The molecule has 7 heteroatoms. The molecule has 0 spiro atoms. The van der Waals surface area contributed by atoms with Gasteiger partial charge < -0.3 is 9.84 Å². The van der Waals surface area contributed by atoms with E-state index in [1.165, 1.54) is 29.6 Å². The molecule has 0 bridgehead atoms. The maximum atomic E-state index is 14.5. The van der Waals surface area contributed by atoms with Crippen molar-refractivity contribution in [2.45, 2.75) is 4.90 Å². The van der Waals surface area contributed by atoms with E-state index in [4.69, 9.17) is 9.84 Å². The number of rotatable bonds is 4. The number of halogens is 1. The summed E-state index contributed by atoms with van der Waals surface area (Å²) >= 11 is 1.23. The lowest BCUT2D eigenvalue weighted by Crippen LogP contribution is -2.00. The number of ether oxygens (including phenoxy) is 1. The number of nitrogens with zero attached hydrogens (tertiary/aromatic N) is 2. The summed E-state index contributed by atoms with van der Waals surface area (Å²) in [5, 5.41) is 12.8. The van der Waals surface area contributed by atoms with Crippen molar-refractivity contribution >= 4 is 17.7 Å². The normalized spacial score (nSPS) is 10.6. The maximum Gasteiger partial charge on any atom is 0.356 e. The predicted molar refractivity (Wildman–Crippen MR) is 73.9 cm³/mol. The molecule has 106 valence electrons. The number of carboxylic acids is 1. The fraction of sp³-hybridized carbons (Fsp3) is 0.231. The molecule has 0 saturated heterocycles. The molecule has 0 saturated carbocycles. The number of aromatic nitrogens is 2. The van der Waals surface area contributed by atoms with Gasteiger partial charge in [-0.15, -0.1) is 11.8 Å². The quantitative estimate of drug-likeness (QED) is 0.879. The van der Waals surface area contributed by atoms with Crippen molar-refractivity contribution in [2.24, 2.45) is 7.05 Å². The Morgan fingerprint density at radius 2 is 2.20 bits per heavy atom. The molecule has 0 aliphatic heterocycles. The van der Waals surface area contributed by atoms with Crippen LogP contribution in [0.15, 0.2) is 23.1 Å². The maximum absolute atomic E-state index is 14.5. The van der Waals surface area contributed by atoms with Gasteiger partial charge in [0.2, 0.25) is 0 Å². The number of carbonyl (C=O) groups is 1. The third-order valence-electron chi connectivity index (χ3n) is 2.86. The SMILES string of the molecule is COc1ccc(-c2cc(C(=O)O)nn2C)c(F)c1SC. The van der Waals surface area contributed by atoms with Gasteiger partial charge >= 0.3 is 5.97 Å². The lowest BCUT2D eigenvalue weighted by molar-refractivity contribution is 0.0689. The van der Waals surface area contributed by atoms with E-state index in [1.807, 2.05) is 0 Å². The van der Waals surface area contributed by atoms with E-state index in [-0.39, 0.29) is 11.3 Å². The summed E-state index contributed by atoms with van der Waals surface area (Å²) < 4.78 is 21.0. The van der Waals surface area contributed by atoms with Crippen LogP contribution in [0.1, 0.15) is 10.5 Å². The molecular formula is C13H13FN2O3S. The highest BCUT2D eigenvalue weighted by molar-refractivity contribution is 7.98. The number of methoxy groups -OCH3 is 1. The van der Waals surface area contributed by atoms with E-state index in [2.05, 4.69) is 5.10 Å². The molecule has 20 heavy (non-hydrogen) atoms. The molecule has 0 unspecified atom stereocenters. The summed E-state index contributed by atoms with van der Waals surface area (Å²) in [6, 6.07) is 4.55. The van der Waals surface area contributed by atoms with Crippen LogP contribution in [0.25, 0.3) is 11.3 Å². The van der Waals surface area contributed by atoms with Crippen molar-refractivity contribution in [2.75, 3.05) is 13.4 Å². The number of hydrogen-bond donors (Lipinski definition) is 1. The van der Waals surface area contributed by atoms with Crippen molar-refractivity contribution < 1.29 is 19.0 Å². The Hall–Kier alpha value is -2.02. The Morgan fingerprint density at radius 3 is 2.70 bits per heavy atom. The van der Waals surface area contributed by atoms with E-state index >= 15 is 0 Å². The monoisotopic (exact) mass is 296 g/mol. The molecule has 1 heterocycles. The highest BCUT2D eigenvalue weighted by atomic mass is 32.2. The van der Waals surface area contributed by atoms with Gasteiger partial charge in [-0.2, -0.15) is 5.10 Å². The van der Waals surface area contributed by atoms with E-state index in [0.717, 1.165) is 0 Å². The van der Waals surface area contributed by atoms with Crippen LogP contribution in [0, 0.1) is 5.82 Å². The summed E-state index contributed by atoms with van der Waals surface area (Å²) in [5.74, 6) is -1.15. The third kappa shape index (κ3) is 2.36. The largest absolute Gasteiger partial charge is 0.495 e. The fourth-order valence-electron chi connectivity index (χ4n) is 1.91. The van der Waals surface area contributed by atoms with E-state index in [1.54, 1.807) is 25.4 Å². The lowest BCUT2D eigenvalue weighted by atomic mass is 10.1. The minimum absolute atomic E-state index is 0.122. The van der Waals surface area contributed by atoms with Crippen LogP contribution in [0.4, 0.5) is 4.39 Å². The Kier molecular flexibility index (Phi) is 3.99. The second kappa shape index (κ2) is 5.54. The molecule has 0 atom stereocenters. The zero-order chi connectivity index (χ0) is 14.9. The molecule has 1 N–H and O–H groups in total. The van der Waals surface area contributed by atoms with Gasteiger partial charge in [-0.3, -0.25) is 4.68 Å². The Morgan fingerprint density at radius 1 is 1.50 bits per heavy atom. The van der Waals surface area contributed by atoms with E-state index in [0.29, 0.717) is 16.3 Å². The first-order valence-electron chi connectivity index (χ1n) is 5.67. The van der Waals surface area contributed by atoms with Crippen molar-refractivity contribution in [1.82, 2.24) is 9.78 Å². The van der Waals surface area contributed by atoms with Gasteiger partial charge in [0.05, 0.1) is 17.7 Å². The van der Waals surface area contributed by atoms with Gasteiger partial charge in [-0.05, 0) is 24.5 Å². The fourth-order valence-corrected chi connectivity index (χ4v) is 2.55. The van der Waals surface area contributed by atoms with Crippen molar-refractivity contribution in [1.29, 1.82) is 0 Å². The van der Waals surface area contributed by atoms with E-state index < -0.39 is 11.8 Å². The number of thioether (sulfide) groups is 1. The van der Waals surface area contributed by atoms with Gasteiger partial charge in [0.1, 0.15) is 11.6 Å². The van der Waals surface area contributed by atoms with Gasteiger partial charge in [0, 0.05) is 12.6 Å². The lowest BCUT2D eigenvalue weighted by Gasteiger charge is -2.11. The molecule has 0 radical (unpaired) electrons. The zero-order valence-electron chi connectivity index (χ0n) is 11.2. The van der Waals surface area contributed by atoms with Crippen molar-refractivity contribution in [3.05, 3.63) is 29.7 Å². The predicted octanol–water partition coefficient (Wildman–Crippen LogP) is 2.65. The van der Waals surface area contributed by atoms with Crippen LogP contribution in [0.2, 0.25) is 0 Å². The average Bonchev–Trinajstić information content (AvgIpc) is 2.80. The van der Waals surface area contributed by atoms with Crippen LogP contribution in [0.5, 0.6) is 5.75 Å². The van der Waals surface area contributed by atoms with Crippen LogP contribution in [0.3, 0.4) is 0 Å². The highest BCUT2D eigenvalue weighted by Crippen LogP contribution is 2.36. The molecule has 2 rings (SSSR count). The summed E-state index contributed by atoms with van der Waals surface area (Å²) in [6.07, 6.45) is 1.75. The highest BCUT2D eigenvalue weighted by Gasteiger charge is 2.19.